The minimum absolute atomic E-state index is 0.110. The second-order valence-corrected chi connectivity index (χ2v) is 4.49. The van der Waals surface area contributed by atoms with Crippen LogP contribution in [0.1, 0.15) is 37.6 Å². The highest BCUT2D eigenvalue weighted by Gasteiger charge is 2.20. The van der Waals surface area contributed by atoms with Gasteiger partial charge in [0.15, 0.2) is 17.3 Å². The lowest BCUT2D eigenvalue weighted by atomic mass is 10.1. The van der Waals surface area contributed by atoms with Gasteiger partial charge in [-0.1, -0.05) is 25.5 Å². The molecular weight excluding hydrogens is 252 g/mol. The molecule has 1 unspecified atom stereocenters. The summed E-state index contributed by atoms with van der Waals surface area (Å²) in [6.07, 6.45) is 2.04. The number of ether oxygens (including phenoxy) is 2. The minimum Gasteiger partial charge on any atom is -0.493 e. The van der Waals surface area contributed by atoms with Gasteiger partial charge in [-0.2, -0.15) is 0 Å². The summed E-state index contributed by atoms with van der Waals surface area (Å²) in [5, 5.41) is -0.699. The van der Waals surface area contributed by atoms with Gasteiger partial charge in [-0.25, -0.2) is 0 Å². The van der Waals surface area contributed by atoms with Gasteiger partial charge in [0.25, 0.3) is 0 Å². The van der Waals surface area contributed by atoms with E-state index in [1.807, 2.05) is 12.1 Å². The normalized spacial score (nSPS) is 12.0. The third-order valence-corrected chi connectivity index (χ3v) is 3.14. The molecule has 0 aliphatic heterocycles. The number of para-hydroxylation sites is 1. The van der Waals surface area contributed by atoms with Crippen LogP contribution in [0.5, 0.6) is 11.5 Å². The molecule has 18 heavy (non-hydrogen) atoms. The number of hydrogen-bond acceptors (Lipinski definition) is 3. The lowest BCUT2D eigenvalue weighted by Crippen LogP contribution is -2.06. The summed E-state index contributed by atoms with van der Waals surface area (Å²) >= 11 is 6.07. The van der Waals surface area contributed by atoms with Gasteiger partial charge in [0.05, 0.1) is 13.7 Å². The van der Waals surface area contributed by atoms with Gasteiger partial charge in [0, 0.05) is 5.56 Å². The molecule has 100 valence electrons. The van der Waals surface area contributed by atoms with Gasteiger partial charge in [0.2, 0.25) is 0 Å². The summed E-state index contributed by atoms with van der Waals surface area (Å²) in [5.41, 5.74) is 0.653. The zero-order chi connectivity index (χ0) is 13.5. The van der Waals surface area contributed by atoms with Crippen molar-refractivity contribution in [3.05, 3.63) is 23.8 Å². The van der Waals surface area contributed by atoms with Gasteiger partial charge in [-0.05, 0) is 19.4 Å². The van der Waals surface area contributed by atoms with E-state index in [1.54, 1.807) is 13.2 Å². The SMILES string of the molecule is CCCCOc1cccc(C(Cl)C(C)=O)c1OC. The van der Waals surface area contributed by atoms with E-state index in [-0.39, 0.29) is 5.78 Å². The lowest BCUT2D eigenvalue weighted by molar-refractivity contribution is -0.116. The molecule has 0 aliphatic carbocycles. The number of unbranched alkanes of at least 4 members (excludes halogenated alkanes) is 1. The summed E-state index contributed by atoms with van der Waals surface area (Å²) in [6, 6.07) is 5.42. The summed E-state index contributed by atoms with van der Waals surface area (Å²) in [5.74, 6) is 1.07. The molecule has 0 N–H and O–H groups in total. The van der Waals surface area contributed by atoms with E-state index in [0.29, 0.717) is 23.7 Å². The fourth-order valence-electron chi connectivity index (χ4n) is 1.61. The third kappa shape index (κ3) is 3.64. The number of hydrogen-bond donors (Lipinski definition) is 0. The molecule has 0 saturated carbocycles. The van der Waals surface area contributed by atoms with Crippen molar-refractivity contribution in [3.63, 3.8) is 0 Å². The molecular formula is C14H19ClO3. The van der Waals surface area contributed by atoms with E-state index >= 15 is 0 Å². The Balaban J connectivity index is 2.98. The highest BCUT2D eigenvalue weighted by Crippen LogP contribution is 2.37. The van der Waals surface area contributed by atoms with Gasteiger partial charge in [0.1, 0.15) is 5.38 Å². The summed E-state index contributed by atoms with van der Waals surface area (Å²) in [4.78, 5) is 11.4. The maximum Gasteiger partial charge on any atom is 0.165 e. The molecule has 0 bridgehead atoms. The number of benzene rings is 1. The Bertz CT molecular complexity index is 404. The van der Waals surface area contributed by atoms with E-state index in [9.17, 15) is 4.79 Å². The average Bonchev–Trinajstić information content (AvgIpc) is 2.37. The van der Waals surface area contributed by atoms with E-state index in [2.05, 4.69) is 6.92 Å². The van der Waals surface area contributed by atoms with Crippen LogP contribution in [0.4, 0.5) is 0 Å². The Morgan fingerprint density at radius 2 is 2.17 bits per heavy atom. The number of rotatable bonds is 7. The summed E-state index contributed by atoms with van der Waals surface area (Å²) < 4.78 is 11.0. The smallest absolute Gasteiger partial charge is 0.165 e. The first kappa shape index (κ1) is 14.8. The fraction of sp³-hybridized carbons (Fsp3) is 0.500. The second-order valence-electron chi connectivity index (χ2n) is 4.05. The molecule has 0 spiro atoms. The Kier molecular flexibility index (Phi) is 5.99. The molecule has 0 heterocycles. The van der Waals surface area contributed by atoms with Gasteiger partial charge < -0.3 is 9.47 Å². The number of ketones is 1. The van der Waals surface area contributed by atoms with Gasteiger partial charge >= 0.3 is 0 Å². The molecule has 0 radical (unpaired) electrons. The molecule has 0 aliphatic rings. The van der Waals surface area contributed by atoms with E-state index < -0.39 is 5.38 Å². The van der Waals surface area contributed by atoms with Crippen LogP contribution in [-0.4, -0.2) is 19.5 Å². The van der Waals surface area contributed by atoms with Crippen LogP contribution in [0.25, 0.3) is 0 Å². The van der Waals surface area contributed by atoms with Crippen LogP contribution in [0, 0.1) is 0 Å². The lowest BCUT2D eigenvalue weighted by Gasteiger charge is -2.16. The van der Waals surface area contributed by atoms with Crippen LogP contribution in [0.15, 0.2) is 18.2 Å². The van der Waals surface area contributed by atoms with Crippen molar-refractivity contribution < 1.29 is 14.3 Å². The molecule has 0 fully saturated rings. The molecule has 1 rings (SSSR count). The second kappa shape index (κ2) is 7.27. The number of halogens is 1. The summed E-state index contributed by atoms with van der Waals surface area (Å²) in [6.45, 7) is 4.19. The standard InChI is InChI=1S/C14H19ClO3/c1-4-5-9-18-12-8-6-7-11(14(12)17-3)13(15)10(2)16/h6-8,13H,4-5,9H2,1-3H3. The van der Waals surface area contributed by atoms with Crippen molar-refractivity contribution >= 4 is 17.4 Å². The van der Waals surface area contributed by atoms with Crippen molar-refractivity contribution in [2.45, 2.75) is 32.1 Å². The predicted molar refractivity (Wildman–Crippen MR) is 72.7 cm³/mol. The van der Waals surface area contributed by atoms with Crippen molar-refractivity contribution in [2.24, 2.45) is 0 Å². The number of alkyl halides is 1. The van der Waals surface area contributed by atoms with E-state index in [1.165, 1.54) is 6.92 Å². The van der Waals surface area contributed by atoms with E-state index in [4.69, 9.17) is 21.1 Å². The van der Waals surface area contributed by atoms with Gasteiger partial charge in [-0.3, -0.25) is 4.79 Å². The largest absolute Gasteiger partial charge is 0.493 e. The van der Waals surface area contributed by atoms with Crippen molar-refractivity contribution in [2.75, 3.05) is 13.7 Å². The molecule has 4 heteroatoms. The third-order valence-electron chi connectivity index (χ3n) is 2.60. The van der Waals surface area contributed by atoms with Gasteiger partial charge in [-0.15, -0.1) is 11.6 Å². The predicted octanol–water partition coefficient (Wildman–Crippen LogP) is 3.74. The highest BCUT2D eigenvalue weighted by molar-refractivity contribution is 6.31. The maximum atomic E-state index is 11.4. The molecule has 1 aromatic rings. The van der Waals surface area contributed by atoms with Crippen LogP contribution < -0.4 is 9.47 Å². The molecule has 1 aromatic carbocycles. The first-order valence-corrected chi connectivity index (χ1v) is 6.49. The average molecular weight is 271 g/mol. The first-order valence-electron chi connectivity index (χ1n) is 6.06. The first-order chi connectivity index (χ1) is 8.61. The molecule has 0 amide bonds. The molecule has 0 aromatic heterocycles. The number of Topliss-reactive ketones (excluding diaryl/α,β-unsaturated/α-hetero) is 1. The highest BCUT2D eigenvalue weighted by atomic mass is 35.5. The number of methoxy groups -OCH3 is 1. The minimum atomic E-state index is -0.699. The van der Waals surface area contributed by atoms with Crippen LogP contribution in [0.3, 0.4) is 0 Å². The Hall–Kier alpha value is -1.22. The Morgan fingerprint density at radius 1 is 1.44 bits per heavy atom. The van der Waals surface area contributed by atoms with Crippen molar-refractivity contribution in [1.29, 1.82) is 0 Å². The Morgan fingerprint density at radius 3 is 2.72 bits per heavy atom. The van der Waals surface area contributed by atoms with Crippen molar-refractivity contribution in [3.8, 4) is 11.5 Å². The van der Waals surface area contributed by atoms with Crippen LogP contribution in [0.2, 0.25) is 0 Å². The summed E-state index contributed by atoms with van der Waals surface area (Å²) in [7, 11) is 1.55. The topological polar surface area (TPSA) is 35.5 Å². The number of carbonyl (C=O) groups excluding carboxylic acids is 1. The quantitative estimate of drug-likeness (QED) is 0.559. The van der Waals surface area contributed by atoms with E-state index in [0.717, 1.165) is 12.8 Å². The maximum absolute atomic E-state index is 11.4. The van der Waals surface area contributed by atoms with Crippen LogP contribution >= 0.6 is 11.6 Å². The monoisotopic (exact) mass is 270 g/mol. The van der Waals surface area contributed by atoms with Crippen molar-refractivity contribution in [1.82, 2.24) is 0 Å². The molecule has 1 atom stereocenters. The molecule has 3 nitrogen and oxygen atoms in total. The fourth-order valence-corrected chi connectivity index (χ4v) is 1.78. The zero-order valence-corrected chi connectivity index (χ0v) is 11.8. The Labute approximate surface area is 113 Å². The molecule has 0 saturated heterocycles. The van der Waals surface area contributed by atoms with Crippen LogP contribution in [-0.2, 0) is 4.79 Å². The zero-order valence-electron chi connectivity index (χ0n) is 11.0. The number of carbonyl (C=O) groups is 1.